The molecule has 31 heavy (non-hydrogen) atoms. The fraction of sp³-hybridized carbons (Fsp3) is 0.143. The van der Waals surface area contributed by atoms with Gasteiger partial charge in [0, 0.05) is 42.0 Å². The second-order valence-corrected chi connectivity index (χ2v) is 7.58. The van der Waals surface area contributed by atoms with Gasteiger partial charge >= 0.3 is 0 Å². The minimum absolute atomic E-state index is 0. The van der Waals surface area contributed by atoms with E-state index in [0.717, 1.165) is 0 Å². The molecule has 3 heteroatoms. The molecule has 2 unspecified atom stereocenters. The largest absolute Gasteiger partial charge is 0.365 e. The van der Waals surface area contributed by atoms with Crippen molar-refractivity contribution in [2.45, 2.75) is 12.1 Å². The number of hydrogen-bond acceptors (Lipinski definition) is 2. The van der Waals surface area contributed by atoms with E-state index in [1.54, 1.807) is 0 Å². The molecule has 4 aromatic carbocycles. The molecule has 0 fully saturated rings. The number of para-hydroxylation sites is 2. The summed E-state index contributed by atoms with van der Waals surface area (Å²) in [5.74, 6) is 0. The quantitative estimate of drug-likeness (QED) is 0.240. The first kappa shape index (κ1) is 24.5. The SMILES string of the molecule is CN(c1ccccc1)C1c2cccc3cccc(c23)C1N(C)c1ccccc1.[CH3-].[CH3-].[Ni]. The van der Waals surface area contributed by atoms with Crippen LogP contribution in [0.1, 0.15) is 23.2 Å². The van der Waals surface area contributed by atoms with Crippen LogP contribution in [-0.4, -0.2) is 14.1 Å². The minimum Gasteiger partial charge on any atom is -0.365 e. The van der Waals surface area contributed by atoms with E-state index >= 15 is 0 Å². The number of nitrogens with zero attached hydrogens (tertiary/aromatic N) is 2. The summed E-state index contributed by atoms with van der Waals surface area (Å²) >= 11 is 0. The third kappa shape index (κ3) is 4.07. The van der Waals surface area contributed by atoms with Gasteiger partial charge in [-0.25, -0.2) is 0 Å². The molecule has 0 amide bonds. The van der Waals surface area contributed by atoms with Gasteiger partial charge in [-0.15, -0.1) is 0 Å². The molecule has 2 atom stereocenters. The van der Waals surface area contributed by atoms with Crippen molar-refractivity contribution in [2.24, 2.45) is 0 Å². The van der Waals surface area contributed by atoms with E-state index in [1.807, 2.05) is 0 Å². The Morgan fingerprint density at radius 2 is 0.903 bits per heavy atom. The molecule has 0 saturated heterocycles. The van der Waals surface area contributed by atoms with Gasteiger partial charge in [-0.2, -0.15) is 0 Å². The number of anilines is 2. The van der Waals surface area contributed by atoms with Crippen LogP contribution in [0.3, 0.4) is 0 Å². The van der Waals surface area contributed by atoms with E-state index in [-0.39, 0.29) is 43.4 Å². The van der Waals surface area contributed by atoms with Crippen molar-refractivity contribution in [1.82, 2.24) is 0 Å². The van der Waals surface area contributed by atoms with Crippen molar-refractivity contribution >= 4 is 22.1 Å². The third-order valence-corrected chi connectivity index (χ3v) is 6.07. The van der Waals surface area contributed by atoms with Crippen LogP contribution in [0, 0.1) is 14.9 Å². The van der Waals surface area contributed by atoms with Gasteiger partial charge in [0.05, 0.1) is 12.1 Å². The number of hydrogen-bond donors (Lipinski definition) is 0. The Morgan fingerprint density at radius 3 is 1.29 bits per heavy atom. The molecule has 0 saturated carbocycles. The maximum absolute atomic E-state index is 2.43. The molecule has 0 heterocycles. The second kappa shape index (κ2) is 10.0. The van der Waals surface area contributed by atoms with Gasteiger partial charge in [-0.1, -0.05) is 72.8 Å². The summed E-state index contributed by atoms with van der Waals surface area (Å²) in [6, 6.07) is 35.3. The topological polar surface area (TPSA) is 6.48 Å². The molecule has 1 aliphatic rings. The molecule has 0 radical (unpaired) electrons. The van der Waals surface area contributed by atoms with E-state index in [0.29, 0.717) is 0 Å². The summed E-state index contributed by atoms with van der Waals surface area (Å²) in [6.45, 7) is 0. The zero-order chi connectivity index (χ0) is 19.1. The Labute approximate surface area is 197 Å². The van der Waals surface area contributed by atoms with Gasteiger partial charge in [0.2, 0.25) is 0 Å². The normalized spacial score (nSPS) is 15.9. The first-order valence-corrected chi connectivity index (χ1v) is 9.83. The standard InChI is InChI=1S/C26H24N2.2CH3.Ni/c1-27(20-13-5-3-6-14-20)25-22-17-9-11-19-12-10-18-23(24(19)22)26(25)28(2)21-15-7-4-8-16-21;;;/h3-18,25-26H,1-2H3;2*1H3;/q;2*-1;. The van der Waals surface area contributed by atoms with Gasteiger partial charge in [-0.05, 0) is 46.2 Å². The van der Waals surface area contributed by atoms with Gasteiger partial charge in [0.1, 0.15) is 0 Å². The molecule has 2 nitrogen and oxygen atoms in total. The van der Waals surface area contributed by atoms with Gasteiger partial charge in [-0.3, -0.25) is 0 Å². The summed E-state index contributed by atoms with van der Waals surface area (Å²) in [6.07, 6.45) is 0. The predicted octanol–water partition coefficient (Wildman–Crippen LogP) is 7.11. The Kier molecular flexibility index (Phi) is 7.93. The minimum atomic E-state index is 0. The van der Waals surface area contributed by atoms with E-state index < -0.39 is 0 Å². The molecule has 0 spiro atoms. The van der Waals surface area contributed by atoms with E-state index in [4.69, 9.17) is 0 Å². The first-order chi connectivity index (χ1) is 13.8. The smallest absolute Gasteiger partial charge is 0.0790 e. The van der Waals surface area contributed by atoms with Crippen LogP contribution in [0.4, 0.5) is 11.4 Å². The van der Waals surface area contributed by atoms with Crippen LogP contribution in [-0.2, 0) is 16.5 Å². The van der Waals surface area contributed by atoms with Crippen molar-refractivity contribution in [3.8, 4) is 0 Å². The monoisotopic (exact) mass is 452 g/mol. The fourth-order valence-corrected chi connectivity index (χ4v) is 4.72. The zero-order valence-electron chi connectivity index (χ0n) is 18.6. The fourth-order valence-electron chi connectivity index (χ4n) is 4.72. The predicted molar refractivity (Wildman–Crippen MR) is 132 cm³/mol. The first-order valence-electron chi connectivity index (χ1n) is 9.83. The van der Waals surface area contributed by atoms with E-state index in [2.05, 4.69) is 121 Å². The second-order valence-electron chi connectivity index (χ2n) is 7.58. The summed E-state index contributed by atoms with van der Waals surface area (Å²) in [5, 5.41) is 2.73. The molecular formula is C28H30N2Ni-2. The van der Waals surface area contributed by atoms with Crippen molar-refractivity contribution < 1.29 is 16.5 Å². The van der Waals surface area contributed by atoms with Gasteiger partial charge in [0.15, 0.2) is 0 Å². The van der Waals surface area contributed by atoms with Crippen LogP contribution in [0.2, 0.25) is 0 Å². The van der Waals surface area contributed by atoms with Crippen LogP contribution >= 0.6 is 0 Å². The van der Waals surface area contributed by atoms with Crippen LogP contribution in [0.5, 0.6) is 0 Å². The maximum atomic E-state index is 2.43. The molecule has 164 valence electrons. The molecule has 5 rings (SSSR count). The van der Waals surface area contributed by atoms with Crippen LogP contribution in [0.25, 0.3) is 10.8 Å². The van der Waals surface area contributed by atoms with Crippen molar-refractivity contribution in [2.75, 3.05) is 23.9 Å². The van der Waals surface area contributed by atoms with Gasteiger partial charge < -0.3 is 24.7 Å². The van der Waals surface area contributed by atoms with Crippen LogP contribution in [0.15, 0.2) is 97.1 Å². The summed E-state index contributed by atoms with van der Waals surface area (Å²) < 4.78 is 0. The maximum Gasteiger partial charge on any atom is 0.0790 e. The van der Waals surface area contributed by atoms with Crippen molar-refractivity contribution in [3.05, 3.63) is 123 Å². The average molecular weight is 453 g/mol. The summed E-state index contributed by atoms with van der Waals surface area (Å²) in [4.78, 5) is 4.86. The number of rotatable bonds is 4. The summed E-state index contributed by atoms with van der Waals surface area (Å²) in [7, 11) is 4.44. The molecule has 4 aromatic rings. The third-order valence-electron chi connectivity index (χ3n) is 6.07. The van der Waals surface area contributed by atoms with Crippen LogP contribution < -0.4 is 9.80 Å². The Hall–Kier alpha value is -2.77. The summed E-state index contributed by atoms with van der Waals surface area (Å²) in [5.41, 5.74) is 5.30. The Balaban J connectivity index is 0.00000114. The van der Waals surface area contributed by atoms with Crippen molar-refractivity contribution in [1.29, 1.82) is 0 Å². The molecule has 0 aromatic heterocycles. The zero-order valence-corrected chi connectivity index (χ0v) is 19.6. The Morgan fingerprint density at radius 1 is 0.516 bits per heavy atom. The number of benzene rings is 4. The molecule has 0 bridgehead atoms. The van der Waals surface area contributed by atoms with Gasteiger partial charge in [0.25, 0.3) is 0 Å². The molecular weight excluding hydrogens is 423 g/mol. The molecule has 0 aliphatic heterocycles. The molecule has 1 aliphatic carbocycles. The Bertz CT molecular complexity index is 1030. The van der Waals surface area contributed by atoms with Crippen molar-refractivity contribution in [3.63, 3.8) is 0 Å². The van der Waals surface area contributed by atoms with E-state index in [1.165, 1.54) is 33.3 Å². The molecule has 0 N–H and O–H groups in total. The average Bonchev–Trinajstić information content (AvgIpc) is 3.10. The number of likely N-dealkylation sites (N-methyl/N-ethyl adjacent to an activating group) is 2. The van der Waals surface area contributed by atoms with E-state index in [9.17, 15) is 0 Å².